The molecule has 1 aliphatic rings. The van der Waals surface area contributed by atoms with Crippen molar-refractivity contribution in [3.8, 4) is 5.75 Å². The van der Waals surface area contributed by atoms with E-state index in [1.807, 2.05) is 6.92 Å². The van der Waals surface area contributed by atoms with Crippen molar-refractivity contribution in [1.82, 2.24) is 15.7 Å². The summed E-state index contributed by atoms with van der Waals surface area (Å²) in [7, 11) is 1.23. The van der Waals surface area contributed by atoms with Crippen molar-refractivity contribution in [2.75, 3.05) is 232 Å². The van der Waals surface area contributed by atoms with Crippen LogP contribution in [0.4, 0.5) is 9.59 Å². The normalized spacial score (nSPS) is 16.1. The molecule has 1 aromatic rings. The van der Waals surface area contributed by atoms with Gasteiger partial charge >= 0.3 is 30.1 Å². The summed E-state index contributed by atoms with van der Waals surface area (Å²) in [6.45, 7) is 29.2. The van der Waals surface area contributed by atoms with Crippen LogP contribution in [0.15, 0.2) is 18.2 Å². The van der Waals surface area contributed by atoms with Crippen LogP contribution >= 0.6 is 0 Å². The molecule has 0 aromatic heterocycles. The largest absolute Gasteiger partial charge is 0.467 e. The van der Waals surface area contributed by atoms with E-state index in [-0.39, 0.29) is 89.3 Å². The molecule has 1 aliphatic heterocycles. The van der Waals surface area contributed by atoms with Gasteiger partial charge in [0.1, 0.15) is 30.2 Å². The summed E-state index contributed by atoms with van der Waals surface area (Å²) in [6, 6.07) is 3.71. The Morgan fingerprint density at radius 1 is 0.500 bits per heavy atom. The second-order valence-corrected chi connectivity index (χ2v) is 26.7. The standard InChI is InChI=1S/C75H129N3O32/c1-13-22-88-24-26-90-28-30-99-46-47-101-50-51-103-56-66(82)77-63(17-14-15-21-76-69(83)62-54-61(55-104-59(4)79)19-20-65(62)107-71-68(106-60(5)80)58(3)57(2)67(108-71)70(84)87-12)64(81)18-16-23-89-25-27-91-29-31-92-32-33-93-34-35-94-36-37-95-38-39-96-40-41-97-42-43-98-44-45-100-48-49-102-52-53-105-78(72(85)109-74(6,7)8)73(86)110-75(9,10)11/h19-20,54,57-58,63,67-68,71H,13-18,21-53,55-56H2,1-12H3,(H,76,83)(H,77,82)/t57-,58-,63-,67-,68+,71+/m0/s1. The number of ether oxygens (including phenoxy) is 23. The van der Waals surface area contributed by atoms with Gasteiger partial charge in [-0.05, 0) is 97.3 Å². The monoisotopic (exact) mass is 1580 g/mol. The summed E-state index contributed by atoms with van der Waals surface area (Å²) >= 11 is 0. The molecular formula is C75H129N3O32. The van der Waals surface area contributed by atoms with Crippen molar-refractivity contribution in [2.45, 2.75) is 157 Å². The highest BCUT2D eigenvalue weighted by atomic mass is 16.8. The maximum Gasteiger partial charge on any atom is 0.444 e. The SMILES string of the molecule is CCCOCCOCCOCCOCCOCC(=O)N[C@@H](CCCCNC(=O)c1cc(COC(C)=O)ccc1O[C@@H]1O[C@H](C(=O)OC)[C@@H](C)[C@H](C)[C@H]1OC(C)=O)C(=O)CCCOCCOCCOCCOCCOCCOCCOCCOCCOCCOCCOCCON(C(=O)OC(C)(C)C)C(=O)OC(C)(C)C. The first-order valence-corrected chi connectivity index (χ1v) is 37.9. The van der Waals surface area contributed by atoms with Gasteiger partial charge in [0, 0.05) is 45.9 Å². The lowest BCUT2D eigenvalue weighted by atomic mass is 9.83. The Hall–Kier alpha value is -5.94. The van der Waals surface area contributed by atoms with E-state index in [2.05, 4.69) is 10.6 Å². The fraction of sp³-hybridized carbons (Fsp3) is 0.813. The van der Waals surface area contributed by atoms with Gasteiger partial charge in [-0.2, -0.15) is 0 Å². The van der Waals surface area contributed by atoms with Crippen LogP contribution in [0.1, 0.15) is 131 Å². The van der Waals surface area contributed by atoms with Crippen molar-refractivity contribution in [3.05, 3.63) is 29.3 Å². The number of amides is 4. The minimum absolute atomic E-state index is 0.0296. The molecule has 1 heterocycles. The van der Waals surface area contributed by atoms with Gasteiger partial charge in [0.25, 0.3) is 5.91 Å². The molecule has 35 nitrogen and oxygen atoms in total. The van der Waals surface area contributed by atoms with Crippen molar-refractivity contribution >= 4 is 47.7 Å². The highest BCUT2D eigenvalue weighted by Crippen LogP contribution is 2.36. The molecule has 0 aliphatic carbocycles. The number of hydrogen-bond acceptors (Lipinski definition) is 32. The predicted molar refractivity (Wildman–Crippen MR) is 393 cm³/mol. The van der Waals surface area contributed by atoms with Gasteiger partial charge in [-0.15, -0.1) is 0 Å². The average Bonchev–Trinajstić information content (AvgIpc) is 0.786. The minimum atomic E-state index is -1.32. The molecule has 6 atom stereocenters. The van der Waals surface area contributed by atoms with Crippen molar-refractivity contribution in [1.29, 1.82) is 0 Å². The Kier molecular flexibility index (Phi) is 57.8. The molecule has 0 spiro atoms. The number of ketones is 1. The molecule has 35 heteroatoms. The van der Waals surface area contributed by atoms with Crippen LogP contribution in [0.3, 0.4) is 0 Å². The molecule has 0 bridgehead atoms. The topological polar surface area (TPSA) is 385 Å². The van der Waals surface area contributed by atoms with E-state index >= 15 is 0 Å². The molecule has 1 fully saturated rings. The van der Waals surface area contributed by atoms with Crippen LogP contribution in [0.2, 0.25) is 0 Å². The number of rotatable bonds is 68. The number of Topliss-reactive ketones (excluding diaryl/α,β-unsaturated/α-hetero) is 1. The Morgan fingerprint density at radius 2 is 0.909 bits per heavy atom. The van der Waals surface area contributed by atoms with E-state index in [0.717, 1.165) is 6.42 Å². The Morgan fingerprint density at radius 3 is 1.31 bits per heavy atom. The lowest BCUT2D eigenvalue weighted by Gasteiger charge is -2.42. The predicted octanol–water partition coefficient (Wildman–Crippen LogP) is 5.74. The van der Waals surface area contributed by atoms with Crippen LogP contribution in [-0.4, -0.2) is 320 Å². The van der Waals surface area contributed by atoms with Crippen molar-refractivity contribution in [3.63, 3.8) is 0 Å². The quantitative estimate of drug-likeness (QED) is 0.0339. The Bertz CT molecular complexity index is 2590. The number of carbonyl (C=O) groups excluding carboxylic acids is 8. The summed E-state index contributed by atoms with van der Waals surface area (Å²) in [4.78, 5) is 108. The second-order valence-electron chi connectivity index (χ2n) is 26.7. The number of benzene rings is 1. The first-order valence-electron chi connectivity index (χ1n) is 37.9. The van der Waals surface area contributed by atoms with Crippen LogP contribution in [0.5, 0.6) is 5.75 Å². The van der Waals surface area contributed by atoms with E-state index in [1.165, 1.54) is 33.1 Å². The molecular weight excluding hydrogens is 1450 g/mol. The fourth-order valence-electron chi connectivity index (χ4n) is 9.57. The molecule has 110 heavy (non-hydrogen) atoms. The third-order valence-corrected chi connectivity index (χ3v) is 15.1. The zero-order chi connectivity index (χ0) is 80.9. The van der Waals surface area contributed by atoms with Crippen molar-refractivity contribution in [2.24, 2.45) is 11.8 Å². The van der Waals surface area contributed by atoms with Gasteiger partial charge in [0.05, 0.1) is 217 Å². The van der Waals surface area contributed by atoms with Gasteiger partial charge < -0.3 is 120 Å². The maximum atomic E-state index is 14.0. The van der Waals surface area contributed by atoms with E-state index in [9.17, 15) is 38.4 Å². The Balaban J connectivity index is 1.62. The third kappa shape index (κ3) is 52.4. The second kappa shape index (κ2) is 63.5. The Labute approximate surface area is 648 Å². The summed E-state index contributed by atoms with van der Waals surface area (Å²) in [5.41, 5.74) is -1.18. The van der Waals surface area contributed by atoms with E-state index in [0.29, 0.717) is 202 Å². The maximum absolute atomic E-state index is 14.0. The van der Waals surface area contributed by atoms with Crippen molar-refractivity contribution < 1.29 is 152 Å². The number of hydrogen-bond donors (Lipinski definition) is 2. The van der Waals surface area contributed by atoms with Gasteiger partial charge in [-0.3, -0.25) is 28.8 Å². The molecule has 4 amide bonds. The fourth-order valence-corrected chi connectivity index (χ4v) is 9.57. The smallest absolute Gasteiger partial charge is 0.444 e. The van der Waals surface area contributed by atoms with Crippen LogP contribution in [0.25, 0.3) is 0 Å². The lowest BCUT2D eigenvalue weighted by molar-refractivity contribution is -0.248. The summed E-state index contributed by atoms with van der Waals surface area (Å²) < 4.78 is 127. The van der Waals surface area contributed by atoms with Gasteiger partial charge in [-0.1, -0.05) is 31.9 Å². The van der Waals surface area contributed by atoms with Gasteiger partial charge in [0.2, 0.25) is 12.2 Å². The molecule has 0 unspecified atom stereocenters. The number of methoxy groups -OCH3 is 1. The van der Waals surface area contributed by atoms with E-state index in [1.54, 1.807) is 61.5 Å². The third-order valence-electron chi connectivity index (χ3n) is 15.1. The number of unbranched alkanes of at least 4 members (excludes halogenated alkanes) is 1. The summed E-state index contributed by atoms with van der Waals surface area (Å²) in [6.07, 6.45) is -2.83. The van der Waals surface area contributed by atoms with E-state index < -0.39 is 89.5 Å². The van der Waals surface area contributed by atoms with Crippen LogP contribution < -0.4 is 15.4 Å². The number of imide groups is 1. The molecule has 2 rings (SSSR count). The number of esters is 3. The number of carbonyl (C=O) groups is 8. The number of nitrogens with zero attached hydrogens (tertiary/aromatic N) is 1. The molecule has 1 aromatic carbocycles. The zero-order valence-corrected chi connectivity index (χ0v) is 67.2. The number of nitrogens with one attached hydrogen (secondary N) is 2. The molecule has 636 valence electrons. The molecule has 1 saturated heterocycles. The van der Waals surface area contributed by atoms with Gasteiger partial charge in [-0.25, -0.2) is 14.4 Å². The van der Waals surface area contributed by atoms with Gasteiger partial charge in [0.15, 0.2) is 18.0 Å². The number of hydroxylamine groups is 2. The summed E-state index contributed by atoms with van der Waals surface area (Å²) in [5.74, 6) is -3.90. The molecule has 0 radical (unpaired) electrons. The highest BCUT2D eigenvalue weighted by molar-refractivity contribution is 5.97. The molecule has 2 N–H and O–H groups in total. The first-order chi connectivity index (χ1) is 52.9. The minimum Gasteiger partial charge on any atom is -0.467 e. The zero-order valence-electron chi connectivity index (χ0n) is 67.2. The first kappa shape index (κ1) is 100. The highest BCUT2D eigenvalue weighted by Gasteiger charge is 2.48. The van der Waals surface area contributed by atoms with Crippen LogP contribution in [-0.2, 0) is 140 Å². The van der Waals surface area contributed by atoms with E-state index in [4.69, 9.17) is 114 Å². The lowest BCUT2D eigenvalue weighted by Crippen LogP contribution is -2.55. The summed E-state index contributed by atoms with van der Waals surface area (Å²) in [5, 5.41) is 6.14. The molecule has 0 saturated carbocycles. The average molecular weight is 1580 g/mol. The van der Waals surface area contributed by atoms with Crippen LogP contribution in [0, 0.1) is 11.8 Å².